The Labute approximate surface area is 182 Å². The first-order chi connectivity index (χ1) is 14.5. The Bertz CT molecular complexity index is 944. The molecule has 2 aliphatic rings. The zero-order valence-electron chi connectivity index (χ0n) is 17.4. The molecule has 0 bridgehead atoms. The lowest BCUT2D eigenvalue weighted by Crippen LogP contribution is -2.22. The number of methoxy groups -OCH3 is 1. The third-order valence-corrected chi connectivity index (χ3v) is 6.75. The molecule has 1 amide bonds. The van der Waals surface area contributed by atoms with Crippen molar-refractivity contribution in [3.63, 3.8) is 0 Å². The van der Waals surface area contributed by atoms with E-state index < -0.39 is 0 Å². The third kappa shape index (κ3) is 4.31. The zero-order chi connectivity index (χ0) is 21.1. The average Bonchev–Trinajstić information content (AvgIpc) is 3.39. The van der Waals surface area contributed by atoms with E-state index in [1.807, 2.05) is 42.5 Å². The molecule has 2 aromatic rings. The molecule has 30 heavy (non-hydrogen) atoms. The van der Waals surface area contributed by atoms with Crippen molar-refractivity contribution in [3.05, 3.63) is 58.6 Å². The van der Waals surface area contributed by atoms with Crippen molar-refractivity contribution < 1.29 is 14.3 Å². The van der Waals surface area contributed by atoms with Gasteiger partial charge in [0, 0.05) is 10.9 Å². The first kappa shape index (κ1) is 20.7. The predicted molar refractivity (Wildman–Crippen MR) is 118 cm³/mol. The van der Waals surface area contributed by atoms with Crippen LogP contribution in [0.4, 0.5) is 0 Å². The number of hydrogen-bond donors (Lipinski definition) is 1. The number of rotatable bonds is 7. The summed E-state index contributed by atoms with van der Waals surface area (Å²) in [6.07, 6.45) is 6.41. The second kappa shape index (κ2) is 8.68. The monoisotopic (exact) mass is 426 g/mol. The van der Waals surface area contributed by atoms with Crippen LogP contribution in [0.15, 0.2) is 47.6 Å². The van der Waals surface area contributed by atoms with E-state index >= 15 is 0 Å². The number of fused-ring (bicyclic) bond motifs is 1. The van der Waals surface area contributed by atoms with Crippen LogP contribution < -0.4 is 14.9 Å². The number of hydrazone groups is 1. The van der Waals surface area contributed by atoms with Gasteiger partial charge in [-0.1, -0.05) is 43.5 Å². The minimum atomic E-state index is 0.0375. The van der Waals surface area contributed by atoms with Gasteiger partial charge in [-0.15, -0.1) is 0 Å². The van der Waals surface area contributed by atoms with Gasteiger partial charge in [-0.25, -0.2) is 5.43 Å². The fourth-order valence-electron chi connectivity index (χ4n) is 4.72. The molecule has 2 saturated carbocycles. The third-order valence-electron chi connectivity index (χ3n) is 6.50. The number of halogens is 1. The molecule has 0 radical (unpaired) electrons. The van der Waals surface area contributed by atoms with Crippen LogP contribution in [-0.2, 0) is 11.4 Å². The van der Waals surface area contributed by atoms with Crippen LogP contribution >= 0.6 is 11.6 Å². The highest BCUT2D eigenvalue weighted by Gasteiger charge is 2.64. The van der Waals surface area contributed by atoms with Gasteiger partial charge in [-0.05, 0) is 65.6 Å². The van der Waals surface area contributed by atoms with Gasteiger partial charge in [0.15, 0.2) is 11.5 Å². The number of amides is 1. The van der Waals surface area contributed by atoms with E-state index in [9.17, 15) is 4.79 Å². The number of carbonyl (C=O) groups is 1. The Morgan fingerprint density at radius 2 is 2.03 bits per heavy atom. The normalized spacial score (nSPS) is 24.9. The topological polar surface area (TPSA) is 59.9 Å². The number of ether oxygens (including phenoxy) is 2. The molecular formula is C24H27ClN2O3. The van der Waals surface area contributed by atoms with Gasteiger partial charge in [0.1, 0.15) is 6.61 Å². The summed E-state index contributed by atoms with van der Waals surface area (Å²) in [5, 5.41) is 4.86. The number of nitrogens with zero attached hydrogens (tertiary/aromatic N) is 1. The number of hydrogen-bond acceptors (Lipinski definition) is 4. The summed E-state index contributed by atoms with van der Waals surface area (Å²) in [5.74, 6) is 1.92. The lowest BCUT2D eigenvalue weighted by atomic mass is 9.90. The van der Waals surface area contributed by atoms with E-state index in [-0.39, 0.29) is 17.2 Å². The van der Waals surface area contributed by atoms with E-state index in [4.69, 9.17) is 21.1 Å². The molecule has 0 aliphatic heterocycles. The summed E-state index contributed by atoms with van der Waals surface area (Å²) in [4.78, 5) is 12.5. The SMILES string of the molecule is COc1cc(/C=N/NC(=O)C2C3CCCCC32C)ccc1OCc1ccc(Cl)cc1. The maximum Gasteiger partial charge on any atom is 0.244 e. The highest BCUT2D eigenvalue weighted by molar-refractivity contribution is 6.30. The van der Waals surface area contributed by atoms with E-state index in [0.717, 1.165) is 24.0 Å². The van der Waals surface area contributed by atoms with Crippen molar-refractivity contribution in [1.82, 2.24) is 5.43 Å². The Kier molecular flexibility index (Phi) is 6.00. The minimum Gasteiger partial charge on any atom is -0.493 e. The molecular weight excluding hydrogens is 400 g/mol. The lowest BCUT2D eigenvalue weighted by molar-refractivity contribution is -0.123. The molecule has 2 aliphatic carbocycles. The van der Waals surface area contributed by atoms with Crippen LogP contribution in [0.25, 0.3) is 0 Å². The molecule has 2 aromatic carbocycles. The standard InChI is InChI=1S/C24H27ClN2O3/c1-24-12-4-3-5-19(24)22(24)23(28)27-26-14-17-8-11-20(21(13-17)29-2)30-15-16-6-9-18(25)10-7-16/h6-11,13-14,19,22H,3-5,12,15H2,1-2H3,(H,27,28)/b26-14+. The smallest absolute Gasteiger partial charge is 0.244 e. The van der Waals surface area contributed by atoms with Crippen LogP contribution in [0.2, 0.25) is 5.02 Å². The molecule has 0 aromatic heterocycles. The largest absolute Gasteiger partial charge is 0.493 e. The number of nitrogens with one attached hydrogen (secondary N) is 1. The number of carbonyl (C=O) groups excluding carboxylic acids is 1. The molecule has 4 rings (SSSR count). The van der Waals surface area contributed by atoms with Crippen molar-refractivity contribution >= 4 is 23.7 Å². The number of benzene rings is 2. The van der Waals surface area contributed by atoms with E-state index in [0.29, 0.717) is 29.0 Å². The summed E-state index contributed by atoms with van der Waals surface area (Å²) in [5.41, 5.74) is 4.75. The molecule has 1 N–H and O–H groups in total. The van der Waals surface area contributed by atoms with E-state index in [1.165, 1.54) is 12.8 Å². The van der Waals surface area contributed by atoms with Crippen LogP contribution in [0.1, 0.15) is 43.7 Å². The van der Waals surface area contributed by atoms with Crippen molar-refractivity contribution in [1.29, 1.82) is 0 Å². The van der Waals surface area contributed by atoms with Crippen molar-refractivity contribution in [3.8, 4) is 11.5 Å². The van der Waals surface area contributed by atoms with Crippen molar-refractivity contribution in [2.45, 2.75) is 39.2 Å². The van der Waals surface area contributed by atoms with Gasteiger partial charge >= 0.3 is 0 Å². The van der Waals surface area contributed by atoms with Crippen LogP contribution in [-0.4, -0.2) is 19.2 Å². The maximum absolute atomic E-state index is 12.5. The Morgan fingerprint density at radius 1 is 1.23 bits per heavy atom. The summed E-state index contributed by atoms with van der Waals surface area (Å²) in [6, 6.07) is 13.1. The highest BCUT2D eigenvalue weighted by Crippen LogP contribution is 2.66. The molecule has 0 saturated heterocycles. The molecule has 0 spiro atoms. The predicted octanol–water partition coefficient (Wildman–Crippen LogP) is 5.20. The first-order valence-corrected chi connectivity index (χ1v) is 10.8. The van der Waals surface area contributed by atoms with Crippen LogP contribution in [0, 0.1) is 17.3 Å². The zero-order valence-corrected chi connectivity index (χ0v) is 18.1. The Balaban J connectivity index is 1.34. The second-order valence-corrected chi connectivity index (χ2v) is 8.83. The summed E-state index contributed by atoms with van der Waals surface area (Å²) in [6.45, 7) is 2.65. The van der Waals surface area contributed by atoms with E-state index in [2.05, 4.69) is 17.5 Å². The van der Waals surface area contributed by atoms with Crippen molar-refractivity contribution in [2.75, 3.05) is 7.11 Å². The van der Waals surface area contributed by atoms with Gasteiger partial charge in [0.2, 0.25) is 5.91 Å². The van der Waals surface area contributed by atoms with Gasteiger partial charge in [0.05, 0.1) is 13.3 Å². The quantitative estimate of drug-likeness (QED) is 0.488. The van der Waals surface area contributed by atoms with Gasteiger partial charge in [0.25, 0.3) is 0 Å². The molecule has 5 nitrogen and oxygen atoms in total. The molecule has 0 heterocycles. The maximum atomic E-state index is 12.5. The van der Waals surface area contributed by atoms with Gasteiger partial charge in [-0.3, -0.25) is 4.79 Å². The molecule has 3 unspecified atom stereocenters. The molecule has 6 heteroatoms. The summed E-state index contributed by atoms with van der Waals surface area (Å²) < 4.78 is 11.3. The summed E-state index contributed by atoms with van der Waals surface area (Å²) >= 11 is 5.91. The Hall–Kier alpha value is -2.53. The van der Waals surface area contributed by atoms with Crippen LogP contribution in [0.3, 0.4) is 0 Å². The lowest BCUT2D eigenvalue weighted by Gasteiger charge is -2.15. The van der Waals surface area contributed by atoms with Gasteiger partial charge < -0.3 is 9.47 Å². The molecule has 2 fully saturated rings. The van der Waals surface area contributed by atoms with Crippen LogP contribution in [0.5, 0.6) is 11.5 Å². The fourth-order valence-corrected chi connectivity index (χ4v) is 4.84. The second-order valence-electron chi connectivity index (χ2n) is 8.40. The minimum absolute atomic E-state index is 0.0375. The fraction of sp³-hybridized carbons (Fsp3) is 0.417. The average molecular weight is 427 g/mol. The van der Waals surface area contributed by atoms with Crippen molar-refractivity contribution in [2.24, 2.45) is 22.4 Å². The Morgan fingerprint density at radius 3 is 2.73 bits per heavy atom. The summed E-state index contributed by atoms with van der Waals surface area (Å²) in [7, 11) is 1.60. The molecule has 3 atom stereocenters. The van der Waals surface area contributed by atoms with Gasteiger partial charge in [-0.2, -0.15) is 5.10 Å². The molecule has 158 valence electrons. The van der Waals surface area contributed by atoms with E-state index in [1.54, 1.807) is 13.3 Å². The highest BCUT2D eigenvalue weighted by atomic mass is 35.5. The first-order valence-electron chi connectivity index (χ1n) is 10.4.